The lowest BCUT2D eigenvalue weighted by molar-refractivity contribution is -0.123. The zero-order chi connectivity index (χ0) is 19.2. The fourth-order valence-corrected chi connectivity index (χ4v) is 4.40. The molecule has 0 unspecified atom stereocenters. The Kier molecular flexibility index (Phi) is 6.42. The van der Waals surface area contributed by atoms with Crippen molar-refractivity contribution >= 4 is 63.1 Å². The lowest BCUT2D eigenvalue weighted by Gasteiger charge is -2.12. The second-order valence-electron chi connectivity index (χ2n) is 5.16. The van der Waals surface area contributed by atoms with E-state index in [2.05, 4.69) is 20.5 Å². The molecule has 0 aromatic carbocycles. The van der Waals surface area contributed by atoms with Crippen molar-refractivity contribution in [1.29, 1.82) is 0 Å². The Morgan fingerprint density at radius 1 is 1.37 bits per heavy atom. The minimum atomic E-state index is -0.373. The van der Waals surface area contributed by atoms with E-state index in [0.29, 0.717) is 14.4 Å². The predicted molar refractivity (Wildman–Crippen MR) is 105 cm³/mol. The van der Waals surface area contributed by atoms with Crippen molar-refractivity contribution in [1.82, 2.24) is 25.4 Å². The van der Waals surface area contributed by atoms with E-state index in [0.717, 1.165) is 22.2 Å². The van der Waals surface area contributed by atoms with Gasteiger partial charge in [-0.2, -0.15) is 0 Å². The van der Waals surface area contributed by atoms with E-state index >= 15 is 0 Å². The Balaban J connectivity index is 1.46. The summed E-state index contributed by atoms with van der Waals surface area (Å²) >= 11 is 3.30. The molecule has 3 heterocycles. The molecule has 140 valence electrons. The molecule has 0 spiro atoms. The number of nitrogens with one attached hydrogen (secondary N) is 1. The van der Waals surface area contributed by atoms with E-state index in [1.54, 1.807) is 30.6 Å². The first-order valence-electron chi connectivity index (χ1n) is 7.67. The number of nitrogens with zero attached hydrogens (tertiary/aromatic N) is 4. The van der Waals surface area contributed by atoms with Crippen LogP contribution in [0.15, 0.2) is 33.8 Å². The van der Waals surface area contributed by atoms with Crippen LogP contribution in [0, 0.1) is 0 Å². The summed E-state index contributed by atoms with van der Waals surface area (Å²) in [6, 6.07) is 3.55. The lowest BCUT2D eigenvalue weighted by atomic mass is 10.2. The molecule has 3 N–H and O–H groups in total. The number of hydrogen-bond donors (Lipinski definition) is 2. The summed E-state index contributed by atoms with van der Waals surface area (Å²) in [5.41, 5.74) is 6.21. The second kappa shape index (κ2) is 8.97. The largest absolute Gasteiger partial charge is 0.374 e. The monoisotopic (exact) mass is 422 g/mol. The van der Waals surface area contributed by atoms with Gasteiger partial charge in [0.2, 0.25) is 11.0 Å². The summed E-state index contributed by atoms with van der Waals surface area (Å²) in [6.45, 7) is 0.285. The Hall–Kier alpha value is -2.44. The van der Waals surface area contributed by atoms with E-state index in [4.69, 9.17) is 5.73 Å². The van der Waals surface area contributed by atoms with Crippen LogP contribution in [0.4, 0.5) is 9.93 Å². The highest BCUT2D eigenvalue weighted by Crippen LogP contribution is 2.31. The first-order valence-corrected chi connectivity index (χ1v) is 10.3. The molecule has 0 radical (unpaired) electrons. The summed E-state index contributed by atoms with van der Waals surface area (Å²) in [5, 5.41) is 10.1. The van der Waals surface area contributed by atoms with Crippen LogP contribution in [0.3, 0.4) is 0 Å². The molecular formula is C15H14N6O3S3. The maximum Gasteiger partial charge on any atom is 0.293 e. The van der Waals surface area contributed by atoms with Gasteiger partial charge in [0.1, 0.15) is 0 Å². The van der Waals surface area contributed by atoms with Gasteiger partial charge in [-0.15, -0.1) is 10.2 Å². The topological polar surface area (TPSA) is 131 Å². The van der Waals surface area contributed by atoms with Crippen LogP contribution in [0.2, 0.25) is 0 Å². The van der Waals surface area contributed by atoms with Crippen molar-refractivity contribution in [3.05, 3.63) is 35.0 Å². The van der Waals surface area contributed by atoms with Crippen LogP contribution in [-0.4, -0.2) is 56.0 Å². The second-order valence-corrected chi connectivity index (χ2v) is 8.39. The zero-order valence-corrected chi connectivity index (χ0v) is 16.3. The van der Waals surface area contributed by atoms with Gasteiger partial charge in [-0.05, 0) is 29.5 Å². The minimum Gasteiger partial charge on any atom is -0.374 e. The number of hydrogen-bond acceptors (Lipinski definition) is 10. The molecule has 2 aromatic heterocycles. The van der Waals surface area contributed by atoms with Gasteiger partial charge in [-0.1, -0.05) is 29.2 Å². The number of amides is 3. The number of carbonyl (C=O) groups is 3. The molecule has 3 amide bonds. The molecule has 0 saturated carbocycles. The van der Waals surface area contributed by atoms with Gasteiger partial charge in [0.05, 0.1) is 10.7 Å². The van der Waals surface area contributed by atoms with Gasteiger partial charge in [-0.3, -0.25) is 24.3 Å². The molecule has 0 aliphatic carbocycles. The Bertz CT molecular complexity index is 886. The number of anilines is 1. The Morgan fingerprint density at radius 3 is 2.93 bits per heavy atom. The third-order valence-electron chi connectivity index (χ3n) is 3.26. The summed E-state index contributed by atoms with van der Waals surface area (Å²) in [7, 11) is 0. The maximum atomic E-state index is 12.4. The summed E-state index contributed by atoms with van der Waals surface area (Å²) in [4.78, 5) is 41.7. The molecule has 1 fully saturated rings. The first kappa shape index (κ1) is 19.3. The van der Waals surface area contributed by atoms with Crippen LogP contribution in [0.1, 0.15) is 5.56 Å². The summed E-state index contributed by atoms with van der Waals surface area (Å²) in [6.07, 6.45) is 4.86. The fourth-order valence-electron chi connectivity index (χ4n) is 2.07. The SMILES string of the molecule is Nc1nnc(SCC(=O)NCCN2C(=O)SC(=Cc3cccnc3)C2=O)s1. The third-order valence-corrected chi connectivity index (χ3v) is 6.06. The lowest BCUT2D eigenvalue weighted by Crippen LogP contribution is -2.37. The molecule has 0 bridgehead atoms. The van der Waals surface area contributed by atoms with Crippen molar-refractivity contribution in [3.8, 4) is 0 Å². The molecule has 1 saturated heterocycles. The normalized spacial score (nSPS) is 15.6. The number of rotatable bonds is 7. The number of aromatic nitrogens is 3. The number of nitrogen functional groups attached to an aromatic ring is 1. The van der Waals surface area contributed by atoms with Crippen molar-refractivity contribution in [2.75, 3.05) is 24.6 Å². The predicted octanol–water partition coefficient (Wildman–Crippen LogP) is 1.46. The number of carbonyl (C=O) groups excluding carboxylic acids is 3. The van der Waals surface area contributed by atoms with E-state index in [1.807, 2.05) is 0 Å². The number of pyridine rings is 1. The Morgan fingerprint density at radius 2 is 2.22 bits per heavy atom. The van der Waals surface area contributed by atoms with Gasteiger partial charge >= 0.3 is 0 Å². The molecule has 9 nitrogen and oxygen atoms in total. The van der Waals surface area contributed by atoms with Gasteiger partial charge in [0.25, 0.3) is 11.1 Å². The highest BCUT2D eigenvalue weighted by molar-refractivity contribution is 8.18. The Labute approximate surface area is 166 Å². The van der Waals surface area contributed by atoms with Crippen molar-refractivity contribution in [2.24, 2.45) is 0 Å². The van der Waals surface area contributed by atoms with E-state index < -0.39 is 0 Å². The molecular weight excluding hydrogens is 408 g/mol. The molecule has 0 atom stereocenters. The molecule has 12 heteroatoms. The standard InChI is InChI=1S/C15H14N6O3S3/c16-13-19-20-14(27-13)25-8-11(22)18-4-5-21-12(23)10(26-15(21)24)6-9-2-1-3-17-7-9/h1-3,6-7H,4-5,8H2,(H2,16,19)(H,18,22). The smallest absolute Gasteiger partial charge is 0.293 e. The van der Waals surface area contributed by atoms with E-state index in [9.17, 15) is 14.4 Å². The average Bonchev–Trinajstić information content (AvgIpc) is 3.19. The molecule has 3 rings (SSSR count). The number of imide groups is 1. The molecule has 1 aliphatic rings. The summed E-state index contributed by atoms with van der Waals surface area (Å²) < 4.78 is 0.606. The zero-order valence-electron chi connectivity index (χ0n) is 13.8. The summed E-state index contributed by atoms with van der Waals surface area (Å²) in [5.74, 6) is -0.453. The highest BCUT2D eigenvalue weighted by atomic mass is 32.2. The van der Waals surface area contributed by atoms with Gasteiger partial charge in [0.15, 0.2) is 4.34 Å². The van der Waals surface area contributed by atoms with Crippen LogP contribution in [-0.2, 0) is 9.59 Å². The van der Waals surface area contributed by atoms with Crippen LogP contribution >= 0.6 is 34.9 Å². The van der Waals surface area contributed by atoms with Crippen molar-refractivity contribution in [2.45, 2.75) is 4.34 Å². The average molecular weight is 423 g/mol. The van der Waals surface area contributed by atoms with Crippen LogP contribution in [0.25, 0.3) is 6.08 Å². The minimum absolute atomic E-state index is 0.108. The van der Waals surface area contributed by atoms with Gasteiger partial charge in [0, 0.05) is 25.5 Å². The highest BCUT2D eigenvalue weighted by Gasteiger charge is 2.34. The number of thioether (sulfide) groups is 2. The van der Waals surface area contributed by atoms with Gasteiger partial charge < -0.3 is 11.1 Å². The molecule has 27 heavy (non-hydrogen) atoms. The van der Waals surface area contributed by atoms with Crippen LogP contribution in [0.5, 0.6) is 0 Å². The maximum absolute atomic E-state index is 12.4. The van der Waals surface area contributed by atoms with Crippen LogP contribution < -0.4 is 11.1 Å². The van der Waals surface area contributed by atoms with E-state index in [-0.39, 0.29) is 35.9 Å². The third kappa shape index (κ3) is 5.28. The fraction of sp³-hybridized carbons (Fsp3) is 0.200. The quantitative estimate of drug-likeness (QED) is 0.503. The van der Waals surface area contributed by atoms with Crippen molar-refractivity contribution < 1.29 is 14.4 Å². The van der Waals surface area contributed by atoms with E-state index in [1.165, 1.54) is 23.1 Å². The molecule has 1 aliphatic heterocycles. The van der Waals surface area contributed by atoms with Crippen molar-refractivity contribution in [3.63, 3.8) is 0 Å². The molecule has 2 aromatic rings. The first-order chi connectivity index (χ1) is 13.0. The number of nitrogens with two attached hydrogens (primary N) is 1. The van der Waals surface area contributed by atoms with Gasteiger partial charge in [-0.25, -0.2) is 0 Å².